The summed E-state index contributed by atoms with van der Waals surface area (Å²) in [6, 6.07) is 25.7. The molecular weight excluding hydrogens is 572 g/mol. The van der Waals surface area contributed by atoms with Crippen LogP contribution in [0.15, 0.2) is 108 Å². The Hall–Kier alpha value is -4.11. The fourth-order valence-corrected chi connectivity index (χ4v) is 4.68. The van der Waals surface area contributed by atoms with E-state index in [0.717, 1.165) is 4.90 Å². The summed E-state index contributed by atoms with van der Waals surface area (Å²) in [5, 5.41) is 8.89. The van der Waals surface area contributed by atoms with Gasteiger partial charge in [0.1, 0.15) is 11.5 Å². The Kier molecular flexibility index (Phi) is 9.96. The van der Waals surface area contributed by atoms with E-state index in [1.807, 2.05) is 0 Å². The fraction of sp³-hybridized carbons (Fsp3) is 0.0333. The van der Waals surface area contributed by atoms with Crippen LogP contribution in [0.5, 0.6) is 0 Å². The summed E-state index contributed by atoms with van der Waals surface area (Å²) in [4.78, 5) is 39.2. The minimum absolute atomic E-state index is 0.0326. The Labute approximate surface area is 244 Å². The minimum atomic E-state index is -0.577. The number of nitrogens with one attached hydrogen (secondary N) is 3. The molecule has 0 radical (unpaired) electrons. The van der Waals surface area contributed by atoms with Crippen LogP contribution in [0.1, 0.15) is 15.9 Å². The Bertz CT molecular complexity index is 1560. The van der Waals surface area contributed by atoms with Gasteiger partial charge < -0.3 is 16.0 Å². The highest BCUT2D eigenvalue weighted by atomic mass is 35.5. The van der Waals surface area contributed by atoms with Gasteiger partial charge in [0.25, 0.3) is 11.8 Å². The molecule has 0 fully saturated rings. The lowest BCUT2D eigenvalue weighted by atomic mass is 10.1. The van der Waals surface area contributed by atoms with Crippen molar-refractivity contribution in [2.24, 2.45) is 0 Å². The zero-order valence-electron chi connectivity index (χ0n) is 20.8. The smallest absolute Gasteiger partial charge is 0.272 e. The summed E-state index contributed by atoms with van der Waals surface area (Å²) in [6.45, 7) is 0. The normalized spacial score (nSPS) is 11.0. The number of carbonyl (C=O) groups excluding carboxylic acids is 3. The van der Waals surface area contributed by atoms with Crippen molar-refractivity contribution in [3.63, 3.8) is 0 Å². The highest BCUT2D eigenvalue weighted by molar-refractivity contribution is 8.00. The monoisotopic (exact) mass is 593 g/mol. The molecule has 0 atom stereocenters. The van der Waals surface area contributed by atoms with Gasteiger partial charge in [0, 0.05) is 31.9 Å². The van der Waals surface area contributed by atoms with E-state index in [9.17, 15) is 18.8 Å². The summed E-state index contributed by atoms with van der Waals surface area (Å²) in [5.41, 5.74) is 1.78. The van der Waals surface area contributed by atoms with Crippen LogP contribution in [-0.2, 0) is 9.59 Å². The molecule has 6 nitrogen and oxygen atoms in total. The maximum absolute atomic E-state index is 13.3. The van der Waals surface area contributed by atoms with E-state index in [0.29, 0.717) is 32.5 Å². The summed E-state index contributed by atoms with van der Waals surface area (Å²) in [5.74, 6) is -1.60. The van der Waals surface area contributed by atoms with Crippen molar-refractivity contribution in [2.75, 3.05) is 16.4 Å². The molecule has 10 heteroatoms. The van der Waals surface area contributed by atoms with Crippen LogP contribution in [0.4, 0.5) is 15.8 Å². The van der Waals surface area contributed by atoms with Crippen LogP contribution in [0.3, 0.4) is 0 Å². The molecule has 4 aromatic carbocycles. The first kappa shape index (κ1) is 28.9. The molecule has 0 aromatic heterocycles. The molecule has 0 bridgehead atoms. The first-order valence-electron chi connectivity index (χ1n) is 11.9. The first-order valence-corrected chi connectivity index (χ1v) is 13.6. The average molecular weight is 594 g/mol. The third-order valence-corrected chi connectivity index (χ3v) is 6.94. The Balaban J connectivity index is 1.47. The van der Waals surface area contributed by atoms with Gasteiger partial charge in [-0.2, -0.15) is 0 Å². The number of hydrogen-bond donors (Lipinski definition) is 3. The van der Waals surface area contributed by atoms with E-state index in [1.165, 1.54) is 48.2 Å². The molecule has 0 unspecified atom stereocenters. The van der Waals surface area contributed by atoms with Crippen molar-refractivity contribution in [3.8, 4) is 0 Å². The van der Waals surface area contributed by atoms with Crippen molar-refractivity contribution >= 4 is 70.1 Å². The van der Waals surface area contributed by atoms with Gasteiger partial charge in [-0.05, 0) is 78.4 Å². The lowest BCUT2D eigenvalue weighted by molar-refractivity contribution is -0.114. The molecule has 202 valence electrons. The number of hydrogen-bond acceptors (Lipinski definition) is 4. The van der Waals surface area contributed by atoms with Crippen LogP contribution >= 0.6 is 35.0 Å². The van der Waals surface area contributed by atoms with E-state index in [2.05, 4.69) is 16.0 Å². The van der Waals surface area contributed by atoms with Gasteiger partial charge in [-0.15, -0.1) is 11.8 Å². The number of halogens is 3. The van der Waals surface area contributed by atoms with E-state index in [-0.39, 0.29) is 23.2 Å². The standard InChI is InChI=1S/C30H22Cl2FN3O3S/c31-21-10-9-20(26(32)16-21)15-27(36-29(38)19-5-2-1-3-6-19)30(39)35-24-7-4-8-25(17-24)40-18-28(37)34-23-13-11-22(33)12-14-23/h1-17H,18H2,(H,34,37)(H,35,39)(H,36,38)/b27-15+. The van der Waals surface area contributed by atoms with Gasteiger partial charge in [0.15, 0.2) is 0 Å². The number of carbonyl (C=O) groups is 3. The van der Waals surface area contributed by atoms with E-state index >= 15 is 0 Å². The van der Waals surface area contributed by atoms with Crippen LogP contribution < -0.4 is 16.0 Å². The average Bonchev–Trinajstić information content (AvgIpc) is 2.94. The Morgan fingerprint density at radius 1 is 0.800 bits per heavy atom. The van der Waals surface area contributed by atoms with Gasteiger partial charge in [-0.25, -0.2) is 4.39 Å². The molecule has 3 N–H and O–H groups in total. The Morgan fingerprint density at radius 3 is 2.27 bits per heavy atom. The maximum atomic E-state index is 13.3. The van der Waals surface area contributed by atoms with Crippen LogP contribution in [0, 0.1) is 5.82 Å². The second-order valence-corrected chi connectivity index (χ2v) is 10.3. The van der Waals surface area contributed by atoms with E-state index in [4.69, 9.17) is 23.2 Å². The van der Waals surface area contributed by atoms with Gasteiger partial charge in [-0.3, -0.25) is 14.4 Å². The van der Waals surface area contributed by atoms with Gasteiger partial charge in [-0.1, -0.05) is 53.5 Å². The molecule has 0 saturated heterocycles. The predicted octanol–water partition coefficient (Wildman–Crippen LogP) is 7.27. The number of anilines is 2. The Morgan fingerprint density at radius 2 is 1.55 bits per heavy atom. The highest BCUT2D eigenvalue weighted by Gasteiger charge is 2.16. The summed E-state index contributed by atoms with van der Waals surface area (Å²) in [6.07, 6.45) is 1.47. The molecule has 4 rings (SSSR count). The SMILES string of the molecule is O=C(CSc1cccc(NC(=O)/C(=C\c2ccc(Cl)cc2Cl)NC(=O)c2ccccc2)c1)Nc1ccc(F)cc1. The first-order chi connectivity index (χ1) is 19.3. The summed E-state index contributed by atoms with van der Waals surface area (Å²) < 4.78 is 13.1. The molecule has 0 heterocycles. The van der Waals surface area contributed by atoms with E-state index in [1.54, 1.807) is 66.7 Å². The lowest BCUT2D eigenvalue weighted by Gasteiger charge is -2.13. The molecule has 4 aromatic rings. The molecular formula is C30H22Cl2FN3O3S. The molecule has 3 amide bonds. The number of rotatable bonds is 9. The van der Waals surface area contributed by atoms with Crippen LogP contribution in [0.25, 0.3) is 6.08 Å². The van der Waals surface area contributed by atoms with Gasteiger partial charge >= 0.3 is 0 Å². The molecule has 0 saturated carbocycles. The second-order valence-electron chi connectivity index (χ2n) is 8.37. The summed E-state index contributed by atoms with van der Waals surface area (Å²) >= 11 is 13.6. The molecule has 0 spiro atoms. The summed E-state index contributed by atoms with van der Waals surface area (Å²) in [7, 11) is 0. The van der Waals surface area contributed by atoms with Crippen molar-refractivity contribution in [1.29, 1.82) is 0 Å². The zero-order chi connectivity index (χ0) is 28.5. The predicted molar refractivity (Wildman–Crippen MR) is 159 cm³/mol. The second kappa shape index (κ2) is 13.8. The number of thioether (sulfide) groups is 1. The topological polar surface area (TPSA) is 87.3 Å². The van der Waals surface area contributed by atoms with Crippen molar-refractivity contribution < 1.29 is 18.8 Å². The van der Waals surface area contributed by atoms with E-state index < -0.39 is 11.8 Å². The zero-order valence-corrected chi connectivity index (χ0v) is 23.1. The highest BCUT2D eigenvalue weighted by Crippen LogP contribution is 2.25. The van der Waals surface area contributed by atoms with Gasteiger partial charge in [0.2, 0.25) is 5.91 Å². The van der Waals surface area contributed by atoms with Crippen molar-refractivity contribution in [3.05, 3.63) is 130 Å². The fourth-order valence-electron chi connectivity index (χ4n) is 3.46. The molecule has 40 heavy (non-hydrogen) atoms. The maximum Gasteiger partial charge on any atom is 0.272 e. The number of amides is 3. The molecule has 0 aliphatic rings. The van der Waals surface area contributed by atoms with Crippen molar-refractivity contribution in [2.45, 2.75) is 4.90 Å². The van der Waals surface area contributed by atoms with Crippen LogP contribution in [-0.4, -0.2) is 23.5 Å². The molecule has 0 aliphatic heterocycles. The lowest BCUT2D eigenvalue weighted by Crippen LogP contribution is -2.30. The van der Waals surface area contributed by atoms with Gasteiger partial charge in [0.05, 0.1) is 5.75 Å². The van der Waals surface area contributed by atoms with Crippen molar-refractivity contribution in [1.82, 2.24) is 5.32 Å². The quantitative estimate of drug-likeness (QED) is 0.141. The number of benzene rings is 4. The third-order valence-electron chi connectivity index (χ3n) is 5.38. The largest absolute Gasteiger partial charge is 0.325 e. The van der Waals surface area contributed by atoms with Crippen LogP contribution in [0.2, 0.25) is 10.0 Å². The third kappa shape index (κ3) is 8.44. The molecule has 0 aliphatic carbocycles. The minimum Gasteiger partial charge on any atom is -0.325 e.